The average molecular weight is 433 g/mol. The minimum Gasteiger partial charge on any atom is -0.598 e. The summed E-state index contributed by atoms with van der Waals surface area (Å²) in [4.78, 5) is 10.4. The van der Waals surface area contributed by atoms with Crippen LogP contribution in [-0.2, 0) is 26.6 Å². The second kappa shape index (κ2) is 7.94. The molecule has 0 heterocycles. The average Bonchev–Trinajstić information content (AvgIpc) is 2.53. The number of non-ortho nitro benzene ring substituents is 1. The van der Waals surface area contributed by atoms with E-state index in [0.29, 0.717) is 0 Å². The Labute approximate surface area is 168 Å². The highest BCUT2D eigenvalue weighted by atomic mass is 32.2. The molecular weight excluding hydrogens is 407 g/mol. The fourth-order valence-corrected chi connectivity index (χ4v) is 4.77. The van der Waals surface area contributed by atoms with Crippen molar-refractivity contribution in [3.63, 3.8) is 0 Å². The lowest BCUT2D eigenvalue weighted by atomic mass is 9.94. The highest BCUT2D eigenvalue weighted by Gasteiger charge is 2.45. The van der Waals surface area contributed by atoms with Crippen molar-refractivity contribution in [1.29, 1.82) is 10.0 Å². The second-order valence-corrected chi connectivity index (χ2v) is 12.8. The normalized spacial score (nSPS) is 17.8. The van der Waals surface area contributed by atoms with Crippen molar-refractivity contribution in [2.24, 2.45) is 0 Å². The molecule has 8 nitrogen and oxygen atoms in total. The molecule has 1 unspecified atom stereocenters. The second-order valence-electron chi connectivity index (χ2n) is 8.18. The van der Waals surface area contributed by atoms with Crippen LogP contribution in [0.15, 0.2) is 18.2 Å². The molecule has 0 aromatic heterocycles. The van der Waals surface area contributed by atoms with E-state index in [2.05, 4.69) is 4.72 Å². The predicted octanol–water partition coefficient (Wildman–Crippen LogP) is 3.35. The van der Waals surface area contributed by atoms with Gasteiger partial charge < -0.3 is 4.55 Å². The molecule has 3 atom stereocenters. The van der Waals surface area contributed by atoms with Gasteiger partial charge in [-0.3, -0.25) is 14.9 Å². The Bertz CT molecular complexity index is 907. The number of rotatable bonds is 7. The molecule has 0 aliphatic carbocycles. The molecule has 28 heavy (non-hydrogen) atoms. The minimum absolute atomic E-state index is 0.243. The van der Waals surface area contributed by atoms with Crippen LogP contribution in [0.3, 0.4) is 0 Å². The molecule has 0 aliphatic rings. The largest absolute Gasteiger partial charge is 0.598 e. The molecule has 0 spiro atoms. The van der Waals surface area contributed by atoms with E-state index in [1.54, 1.807) is 20.8 Å². The summed E-state index contributed by atoms with van der Waals surface area (Å²) < 4.78 is 49.0. The number of nitro groups is 1. The van der Waals surface area contributed by atoms with Gasteiger partial charge in [-0.25, -0.2) is 8.60 Å². The van der Waals surface area contributed by atoms with Crippen molar-refractivity contribution in [3.8, 4) is 6.07 Å². The van der Waals surface area contributed by atoms with E-state index in [4.69, 9.17) is 4.78 Å². The van der Waals surface area contributed by atoms with Gasteiger partial charge in [0.25, 0.3) is 5.69 Å². The molecule has 0 radical (unpaired) electrons. The molecule has 156 valence electrons. The molecule has 0 saturated carbocycles. The van der Waals surface area contributed by atoms with E-state index in [1.165, 1.54) is 20.8 Å². The van der Waals surface area contributed by atoms with Crippen molar-refractivity contribution in [1.82, 2.24) is 4.72 Å². The summed E-state index contributed by atoms with van der Waals surface area (Å²) in [6, 6.07) is 4.66. The van der Waals surface area contributed by atoms with Gasteiger partial charge in [-0.1, -0.05) is 0 Å². The first-order chi connectivity index (χ1) is 12.5. The lowest BCUT2D eigenvalue weighted by Crippen LogP contribution is -2.54. The lowest BCUT2D eigenvalue weighted by molar-refractivity contribution is -0.385. The molecule has 11 heteroatoms. The van der Waals surface area contributed by atoms with Crippen molar-refractivity contribution in [2.45, 2.75) is 56.6 Å². The maximum Gasteiger partial charge on any atom is 0.269 e. The molecule has 0 aliphatic heterocycles. The summed E-state index contributed by atoms with van der Waals surface area (Å²) in [6.45, 7) is 9.02. The number of nitrogens with zero attached hydrogens (tertiary/aromatic N) is 2. The Hall–Kier alpha value is -1.74. The minimum atomic E-state index is -3.65. The number of nitriles is 1. The van der Waals surface area contributed by atoms with Crippen LogP contribution in [0.1, 0.15) is 47.1 Å². The molecular formula is C17H25FN4O4S2. The smallest absolute Gasteiger partial charge is 0.269 e. The van der Waals surface area contributed by atoms with Gasteiger partial charge in [0.15, 0.2) is 0 Å². The number of benzene rings is 1. The monoisotopic (exact) mass is 432 g/mol. The van der Waals surface area contributed by atoms with E-state index < -0.39 is 58.3 Å². The summed E-state index contributed by atoms with van der Waals surface area (Å²) in [6.07, 6.45) is 0. The van der Waals surface area contributed by atoms with E-state index in [9.17, 15) is 28.5 Å². The van der Waals surface area contributed by atoms with Gasteiger partial charge in [0.05, 0.1) is 26.5 Å². The topological polar surface area (TPSA) is 143 Å². The molecule has 1 aromatic rings. The molecule has 0 amide bonds. The van der Waals surface area contributed by atoms with Gasteiger partial charge in [0.2, 0.25) is 0 Å². The molecule has 0 bridgehead atoms. The summed E-state index contributed by atoms with van der Waals surface area (Å²) in [5.41, 5.74) is -2.31. The highest BCUT2D eigenvalue weighted by Crippen LogP contribution is 2.34. The zero-order valence-corrected chi connectivity index (χ0v) is 18.3. The van der Waals surface area contributed by atoms with Gasteiger partial charge in [0.1, 0.15) is 20.9 Å². The zero-order chi connectivity index (χ0) is 22.1. The summed E-state index contributed by atoms with van der Waals surface area (Å²) >= 11 is -1.77. The van der Waals surface area contributed by atoms with Crippen LogP contribution in [0.5, 0.6) is 0 Å². The summed E-state index contributed by atoms with van der Waals surface area (Å²) in [5, 5.41) is 20.4. The number of hydrogen-bond acceptors (Lipinski definition) is 7. The maximum atomic E-state index is 14.6. The van der Waals surface area contributed by atoms with Crippen LogP contribution >= 0.6 is 0 Å². The van der Waals surface area contributed by atoms with E-state index in [-0.39, 0.29) is 5.56 Å². The van der Waals surface area contributed by atoms with E-state index in [0.717, 1.165) is 18.2 Å². The van der Waals surface area contributed by atoms with Crippen molar-refractivity contribution in [3.05, 3.63) is 39.7 Å². The molecule has 1 aromatic carbocycles. The Balaban J connectivity index is 3.65. The Morgan fingerprint density at radius 3 is 2.29 bits per heavy atom. The van der Waals surface area contributed by atoms with Gasteiger partial charge in [0, 0.05) is 29.1 Å². The Morgan fingerprint density at radius 2 is 1.86 bits per heavy atom. The van der Waals surface area contributed by atoms with Crippen molar-refractivity contribution in [2.75, 3.05) is 5.75 Å². The predicted molar refractivity (Wildman–Crippen MR) is 107 cm³/mol. The Morgan fingerprint density at radius 1 is 1.32 bits per heavy atom. The van der Waals surface area contributed by atoms with Crippen molar-refractivity contribution < 1.29 is 18.1 Å². The highest BCUT2D eigenvalue weighted by molar-refractivity contribution is 7.94. The first-order valence-corrected chi connectivity index (χ1v) is 11.2. The Kier molecular flexibility index (Phi) is 6.89. The van der Waals surface area contributed by atoms with Crippen LogP contribution in [0, 0.1) is 32.0 Å². The fourth-order valence-electron chi connectivity index (χ4n) is 2.23. The quantitative estimate of drug-likeness (QED) is 0.384. The standard InChI is InChI=1S/C17H25FN4O4S2/c1-15(2,3)27(25)21-17(6,11-28(20,26)16(4,5)10-19)13-9-12(22(23)24)7-8-14(13)18/h7-9,20-21H,11H2,1-6H3/t17-,27+,28?/m0/s1. The van der Waals surface area contributed by atoms with E-state index in [1.807, 2.05) is 6.07 Å². The van der Waals surface area contributed by atoms with Crippen LogP contribution in [-0.4, -0.2) is 28.9 Å². The maximum absolute atomic E-state index is 14.6. The third-order valence-corrected chi connectivity index (χ3v) is 8.69. The van der Waals surface area contributed by atoms with Gasteiger partial charge in [-0.15, -0.1) is 4.72 Å². The molecule has 0 fully saturated rings. The third-order valence-electron chi connectivity index (χ3n) is 4.21. The number of nitrogens with one attached hydrogen (secondary N) is 2. The number of halogens is 1. The number of nitro benzene ring substituents is 1. The van der Waals surface area contributed by atoms with Gasteiger partial charge in [-0.2, -0.15) is 5.26 Å². The summed E-state index contributed by atoms with van der Waals surface area (Å²) in [7, 11) is -3.65. The van der Waals surface area contributed by atoms with Gasteiger partial charge in [-0.05, 0) is 47.6 Å². The van der Waals surface area contributed by atoms with Gasteiger partial charge >= 0.3 is 0 Å². The van der Waals surface area contributed by atoms with E-state index >= 15 is 0 Å². The molecule has 1 rings (SSSR count). The lowest BCUT2D eigenvalue weighted by Gasteiger charge is -2.37. The first kappa shape index (κ1) is 24.3. The van der Waals surface area contributed by atoms with Crippen LogP contribution in [0.2, 0.25) is 0 Å². The molecule has 0 saturated heterocycles. The first-order valence-electron chi connectivity index (χ1n) is 8.28. The van der Waals surface area contributed by atoms with Crippen LogP contribution < -0.4 is 4.72 Å². The molecule has 2 N–H and O–H groups in total. The SMILES string of the molecule is CC(C)(C)[S@@+]([O-])N[C@@](C)(CS(=N)(=O)C(C)(C)C#N)c1cc([N+](=O)[O-])ccc1F. The zero-order valence-electron chi connectivity index (χ0n) is 16.7. The fraction of sp³-hybridized carbons (Fsp3) is 0.588. The number of hydrogen-bond donors (Lipinski definition) is 2. The summed E-state index contributed by atoms with van der Waals surface area (Å²) in [5.74, 6) is -1.41. The van der Waals surface area contributed by atoms with Crippen LogP contribution in [0.25, 0.3) is 0 Å². The van der Waals surface area contributed by atoms with Crippen molar-refractivity contribution >= 4 is 26.8 Å². The van der Waals surface area contributed by atoms with Crippen LogP contribution in [0.4, 0.5) is 10.1 Å². The third kappa shape index (κ3) is 5.20.